The number of hydrogen-bond donors (Lipinski definition) is 2. The van der Waals surface area contributed by atoms with E-state index in [0.29, 0.717) is 23.1 Å². The minimum Gasteiger partial charge on any atom is -0.488 e. The van der Waals surface area contributed by atoms with E-state index in [1.54, 1.807) is 25.1 Å². The molecule has 2 amide bonds. The predicted octanol–water partition coefficient (Wildman–Crippen LogP) is 4.64. The average molecular weight is 753 g/mol. The number of esters is 3. The average Bonchev–Trinajstić information content (AvgIpc) is 3.40. The number of nitrogens with one attached hydrogen (secondary N) is 1. The van der Waals surface area contributed by atoms with Crippen LogP contribution >= 0.6 is 0 Å². The van der Waals surface area contributed by atoms with Crippen molar-refractivity contribution in [3.05, 3.63) is 133 Å². The van der Waals surface area contributed by atoms with Crippen LogP contribution in [0.4, 0.5) is 16.2 Å². The SMILES string of the molecule is C[C@@H](O)[C@H]1C(=O)N2C(C(=O)OC(=O)c3ccc([N+](=O)[O-])cc3)=C(COc3cccc4c(CCNC(=O)OC(=O)c5ccc([N+](=O)[O-])cc5)cccc34)[C@H](C)[C@H]12. The molecule has 4 atom stereocenters. The van der Waals surface area contributed by atoms with Crippen LogP contribution in [0.3, 0.4) is 0 Å². The minimum atomic E-state index is -1.12. The van der Waals surface area contributed by atoms with Gasteiger partial charge < -0.3 is 29.5 Å². The minimum absolute atomic E-state index is 0.0379. The molecule has 0 spiro atoms. The Hall–Kier alpha value is -7.01. The highest BCUT2D eigenvalue weighted by Gasteiger charge is 2.60. The van der Waals surface area contributed by atoms with E-state index in [2.05, 4.69) is 5.32 Å². The fraction of sp³-hybridized carbons (Fsp3) is 0.237. The number of nitrogens with zero attached hydrogens (tertiary/aromatic N) is 3. The largest absolute Gasteiger partial charge is 0.488 e. The van der Waals surface area contributed by atoms with Gasteiger partial charge in [0.1, 0.15) is 18.1 Å². The number of rotatable bonds is 12. The lowest BCUT2D eigenvalue weighted by atomic mass is 9.78. The number of nitro groups is 2. The smallest absolute Gasteiger partial charge is 0.415 e. The second kappa shape index (κ2) is 15.5. The van der Waals surface area contributed by atoms with Gasteiger partial charge >= 0.3 is 24.0 Å². The van der Waals surface area contributed by atoms with Crippen molar-refractivity contribution in [1.82, 2.24) is 10.2 Å². The zero-order valence-corrected chi connectivity index (χ0v) is 29.2. The van der Waals surface area contributed by atoms with Crippen molar-refractivity contribution in [2.45, 2.75) is 32.4 Å². The highest BCUT2D eigenvalue weighted by atomic mass is 16.6. The number of aliphatic hydroxyl groups excluding tert-OH is 1. The van der Waals surface area contributed by atoms with Gasteiger partial charge in [-0.2, -0.15) is 0 Å². The summed E-state index contributed by atoms with van der Waals surface area (Å²) < 4.78 is 16.2. The number of carbonyl (C=O) groups excluding carboxylic acids is 5. The molecule has 1 saturated heterocycles. The molecule has 55 heavy (non-hydrogen) atoms. The van der Waals surface area contributed by atoms with Gasteiger partial charge in [-0.25, -0.2) is 19.2 Å². The third kappa shape index (κ3) is 7.58. The van der Waals surface area contributed by atoms with Crippen molar-refractivity contribution in [3.8, 4) is 5.75 Å². The highest BCUT2D eigenvalue weighted by molar-refractivity contribution is 6.06. The van der Waals surface area contributed by atoms with Gasteiger partial charge in [0.2, 0.25) is 5.91 Å². The van der Waals surface area contributed by atoms with E-state index in [-0.39, 0.29) is 41.4 Å². The zero-order valence-electron chi connectivity index (χ0n) is 29.2. The molecular weight excluding hydrogens is 720 g/mol. The maximum atomic E-state index is 13.6. The summed E-state index contributed by atoms with van der Waals surface area (Å²) in [7, 11) is 0. The monoisotopic (exact) mass is 752 g/mol. The molecule has 2 aliphatic heterocycles. The van der Waals surface area contributed by atoms with E-state index in [1.165, 1.54) is 24.0 Å². The molecule has 2 aliphatic rings. The van der Waals surface area contributed by atoms with Crippen LogP contribution in [-0.4, -0.2) is 75.1 Å². The van der Waals surface area contributed by atoms with Crippen LogP contribution in [0.25, 0.3) is 10.8 Å². The summed E-state index contributed by atoms with van der Waals surface area (Å²) in [6.07, 6.45) is -1.70. The Bertz CT molecular complexity index is 2270. The van der Waals surface area contributed by atoms with E-state index >= 15 is 0 Å². The summed E-state index contributed by atoms with van der Waals surface area (Å²) in [6, 6.07) is 19.2. The molecule has 6 rings (SSSR count). The molecule has 0 bridgehead atoms. The lowest BCUT2D eigenvalue weighted by Crippen LogP contribution is -2.63. The number of non-ortho nitro benzene ring substituents is 2. The Labute approximate surface area is 311 Å². The Morgan fingerprint density at radius 1 is 0.818 bits per heavy atom. The van der Waals surface area contributed by atoms with E-state index in [0.717, 1.165) is 47.3 Å². The maximum absolute atomic E-state index is 13.6. The zero-order chi connectivity index (χ0) is 39.6. The van der Waals surface area contributed by atoms with Gasteiger partial charge in [-0.15, -0.1) is 0 Å². The fourth-order valence-corrected chi connectivity index (χ4v) is 6.78. The van der Waals surface area contributed by atoms with Gasteiger partial charge in [0, 0.05) is 47.7 Å². The summed E-state index contributed by atoms with van der Waals surface area (Å²) in [5.74, 6) is -4.54. The van der Waals surface area contributed by atoms with Gasteiger partial charge in [0.25, 0.3) is 11.4 Å². The molecule has 2 heterocycles. The first-order valence-electron chi connectivity index (χ1n) is 16.9. The number of aliphatic hydroxyl groups is 1. The second-order valence-electron chi connectivity index (χ2n) is 12.8. The highest BCUT2D eigenvalue weighted by Crippen LogP contribution is 2.47. The number of fused-ring (bicyclic) bond motifs is 2. The molecule has 0 aliphatic carbocycles. The summed E-state index contributed by atoms with van der Waals surface area (Å²) in [5, 5.41) is 36.2. The first-order valence-corrected chi connectivity index (χ1v) is 16.9. The third-order valence-corrected chi connectivity index (χ3v) is 9.53. The molecule has 0 radical (unpaired) electrons. The van der Waals surface area contributed by atoms with E-state index in [9.17, 15) is 49.3 Å². The van der Waals surface area contributed by atoms with Gasteiger partial charge in [-0.3, -0.25) is 25.0 Å². The second-order valence-corrected chi connectivity index (χ2v) is 12.8. The molecule has 0 aromatic heterocycles. The summed E-state index contributed by atoms with van der Waals surface area (Å²) >= 11 is 0. The van der Waals surface area contributed by atoms with Crippen LogP contribution < -0.4 is 10.1 Å². The lowest BCUT2D eigenvalue weighted by Gasteiger charge is -2.46. The van der Waals surface area contributed by atoms with Gasteiger partial charge in [0.15, 0.2) is 0 Å². The van der Waals surface area contributed by atoms with Crippen molar-refractivity contribution in [1.29, 1.82) is 0 Å². The molecule has 0 unspecified atom stereocenters. The Balaban J connectivity index is 1.15. The molecule has 4 aromatic carbocycles. The quantitative estimate of drug-likeness (QED) is 0.0661. The van der Waals surface area contributed by atoms with Crippen molar-refractivity contribution in [2.24, 2.45) is 11.8 Å². The molecule has 17 nitrogen and oxygen atoms in total. The van der Waals surface area contributed by atoms with Crippen molar-refractivity contribution < 1.29 is 53.1 Å². The Kier molecular flexibility index (Phi) is 10.7. The number of β-lactam (4-membered cyclic amide) rings is 1. The van der Waals surface area contributed by atoms with Crippen LogP contribution in [0.5, 0.6) is 5.75 Å². The van der Waals surface area contributed by atoms with Crippen LogP contribution in [0.15, 0.2) is 96.2 Å². The summed E-state index contributed by atoms with van der Waals surface area (Å²) in [5.41, 5.74) is 0.351. The van der Waals surface area contributed by atoms with Gasteiger partial charge in [-0.1, -0.05) is 37.3 Å². The van der Waals surface area contributed by atoms with E-state index in [1.807, 2.05) is 18.2 Å². The van der Waals surface area contributed by atoms with Crippen LogP contribution in [-0.2, 0) is 25.5 Å². The Morgan fingerprint density at radius 2 is 1.38 bits per heavy atom. The first-order chi connectivity index (χ1) is 26.3. The van der Waals surface area contributed by atoms with E-state index < -0.39 is 63.7 Å². The standard InChI is InChI=1S/C38H32N4O13/c1-20-29(33(40-32(20)31(21(2)43)34(40)44)37(47)54-35(45)23-9-13-25(14-10-23)41(49)50)19-53-30-8-4-6-27-22(5-3-7-28(27)30)17-18-39-38(48)55-36(46)24-11-15-26(16-12-24)42(51)52/h3-16,20-21,31-32,43H,17-19H2,1-2H3,(H,39,48)/t20-,21+,31+,32+/m0/s1. The van der Waals surface area contributed by atoms with Crippen molar-refractivity contribution in [2.75, 3.05) is 13.2 Å². The Morgan fingerprint density at radius 3 is 1.96 bits per heavy atom. The normalized spacial score (nSPS) is 17.8. The van der Waals surface area contributed by atoms with Crippen LogP contribution in [0, 0.1) is 32.1 Å². The van der Waals surface area contributed by atoms with Crippen molar-refractivity contribution >= 4 is 52.1 Å². The topological polar surface area (TPSA) is 235 Å². The predicted molar refractivity (Wildman–Crippen MR) is 191 cm³/mol. The molecular formula is C38H32N4O13. The summed E-state index contributed by atoms with van der Waals surface area (Å²) in [4.78, 5) is 86.0. The number of carbonyl (C=O) groups is 5. The fourth-order valence-electron chi connectivity index (χ4n) is 6.78. The molecule has 17 heteroatoms. The number of benzene rings is 4. The number of amides is 2. The molecule has 1 fully saturated rings. The number of nitro benzene ring substituents is 2. The molecule has 4 aromatic rings. The first kappa shape index (κ1) is 37.7. The number of alkyl carbamates (subject to hydrolysis) is 1. The number of ether oxygens (including phenoxy) is 3. The van der Waals surface area contributed by atoms with E-state index in [4.69, 9.17) is 14.2 Å². The molecule has 0 saturated carbocycles. The summed E-state index contributed by atoms with van der Waals surface area (Å²) in [6.45, 7) is 3.14. The third-order valence-electron chi connectivity index (χ3n) is 9.53. The molecule has 2 N–H and O–H groups in total. The van der Waals surface area contributed by atoms with Gasteiger partial charge in [0.05, 0.1) is 39.0 Å². The van der Waals surface area contributed by atoms with Crippen LogP contribution in [0.1, 0.15) is 40.1 Å². The number of hydrogen-bond acceptors (Lipinski definition) is 13. The molecule has 282 valence electrons. The maximum Gasteiger partial charge on any atom is 0.415 e. The van der Waals surface area contributed by atoms with Crippen LogP contribution in [0.2, 0.25) is 0 Å². The van der Waals surface area contributed by atoms with Gasteiger partial charge in [-0.05, 0) is 54.6 Å². The lowest BCUT2D eigenvalue weighted by molar-refractivity contribution is -0.385. The van der Waals surface area contributed by atoms with Crippen molar-refractivity contribution in [3.63, 3.8) is 0 Å².